The highest BCUT2D eigenvalue weighted by molar-refractivity contribution is 6.30. The van der Waals surface area contributed by atoms with Gasteiger partial charge in [-0.05, 0) is 35.2 Å². The molecule has 0 bridgehead atoms. The molecule has 3 aromatic carbocycles. The molecule has 1 aliphatic rings. The number of amides is 4. The van der Waals surface area contributed by atoms with Gasteiger partial charge in [-0.3, -0.25) is 14.5 Å². The zero-order chi connectivity index (χ0) is 22.6. The third kappa shape index (κ3) is 4.22. The Balaban J connectivity index is 1.49. The molecule has 1 saturated heterocycles. The molecule has 32 heavy (non-hydrogen) atoms. The molecule has 162 valence electrons. The van der Waals surface area contributed by atoms with Crippen molar-refractivity contribution in [3.8, 4) is 0 Å². The summed E-state index contributed by atoms with van der Waals surface area (Å²) in [5.41, 5.74) is 0.922. The third-order valence-electron chi connectivity index (χ3n) is 5.47. The molecule has 0 aliphatic carbocycles. The van der Waals surface area contributed by atoms with E-state index in [1.807, 2.05) is 48.5 Å². The van der Waals surface area contributed by atoms with Crippen LogP contribution in [-0.4, -0.2) is 35.8 Å². The fourth-order valence-corrected chi connectivity index (χ4v) is 3.98. The van der Waals surface area contributed by atoms with Gasteiger partial charge >= 0.3 is 6.03 Å². The summed E-state index contributed by atoms with van der Waals surface area (Å²) < 4.78 is 0. The Morgan fingerprint density at radius 1 is 0.875 bits per heavy atom. The molecule has 0 spiro atoms. The number of carbonyl (C=O) groups is 3. The number of rotatable bonds is 7. The van der Waals surface area contributed by atoms with E-state index in [0.29, 0.717) is 29.1 Å². The van der Waals surface area contributed by atoms with Crippen molar-refractivity contribution < 1.29 is 14.4 Å². The number of hydrogen-bond donors (Lipinski definition) is 2. The lowest BCUT2D eigenvalue weighted by molar-refractivity contribution is -0.134. The molecule has 0 radical (unpaired) electrons. The predicted octanol–water partition coefficient (Wildman–Crippen LogP) is 3.49. The lowest BCUT2D eigenvalue weighted by Crippen LogP contribution is -2.46. The van der Waals surface area contributed by atoms with Crippen LogP contribution in [0.3, 0.4) is 0 Å². The van der Waals surface area contributed by atoms with Crippen LogP contribution in [0.4, 0.5) is 4.79 Å². The Morgan fingerprint density at radius 2 is 1.44 bits per heavy atom. The summed E-state index contributed by atoms with van der Waals surface area (Å²) in [6, 6.07) is 24.9. The first-order chi connectivity index (χ1) is 15.5. The summed E-state index contributed by atoms with van der Waals surface area (Å²) in [7, 11) is 0. The monoisotopic (exact) mass is 447 g/mol. The van der Waals surface area contributed by atoms with Gasteiger partial charge in [0.1, 0.15) is 6.54 Å². The summed E-state index contributed by atoms with van der Waals surface area (Å²) in [5, 5.41) is 6.26. The van der Waals surface area contributed by atoms with Crippen LogP contribution in [0.1, 0.15) is 16.7 Å². The number of hydrogen-bond acceptors (Lipinski definition) is 3. The molecular formula is C25H22ClN3O3. The van der Waals surface area contributed by atoms with Gasteiger partial charge in [-0.1, -0.05) is 84.4 Å². The molecule has 4 rings (SSSR count). The van der Waals surface area contributed by atoms with Crippen LogP contribution in [0.2, 0.25) is 5.02 Å². The van der Waals surface area contributed by atoms with Crippen molar-refractivity contribution in [2.45, 2.75) is 12.0 Å². The van der Waals surface area contributed by atoms with Gasteiger partial charge in [0.15, 0.2) is 5.54 Å². The minimum Gasteiger partial charge on any atom is -0.354 e. The minimum atomic E-state index is -1.37. The third-order valence-corrected chi connectivity index (χ3v) is 5.72. The summed E-state index contributed by atoms with van der Waals surface area (Å²) in [6.45, 7) is 0.0271. The first-order valence-corrected chi connectivity index (χ1v) is 10.6. The highest BCUT2D eigenvalue weighted by Crippen LogP contribution is 2.35. The van der Waals surface area contributed by atoms with E-state index in [4.69, 9.17) is 11.6 Å². The molecule has 3 aromatic rings. The van der Waals surface area contributed by atoms with Crippen molar-refractivity contribution in [3.05, 3.63) is 107 Å². The van der Waals surface area contributed by atoms with E-state index >= 15 is 0 Å². The SMILES string of the molecule is O=C(CN1C(=O)NC(c2ccccc2)(c2ccccc2)C1=O)NCCc1ccc(Cl)cc1. The second-order valence-corrected chi connectivity index (χ2v) is 7.97. The summed E-state index contributed by atoms with van der Waals surface area (Å²) in [5.74, 6) is -0.882. The van der Waals surface area contributed by atoms with Crippen LogP contribution < -0.4 is 10.6 Å². The molecule has 0 saturated carbocycles. The molecule has 2 N–H and O–H groups in total. The van der Waals surface area contributed by atoms with Crippen LogP contribution in [0.5, 0.6) is 0 Å². The Morgan fingerprint density at radius 3 is 2.00 bits per heavy atom. The Hall–Kier alpha value is -3.64. The Labute approximate surface area is 191 Å². The van der Waals surface area contributed by atoms with E-state index in [-0.39, 0.29) is 6.54 Å². The molecular weight excluding hydrogens is 426 g/mol. The molecule has 0 aromatic heterocycles. The maximum atomic E-state index is 13.6. The van der Waals surface area contributed by atoms with Crippen molar-refractivity contribution in [1.29, 1.82) is 0 Å². The zero-order valence-electron chi connectivity index (χ0n) is 17.3. The average molecular weight is 448 g/mol. The lowest BCUT2D eigenvalue weighted by Gasteiger charge is -2.28. The molecule has 0 atom stereocenters. The number of nitrogens with one attached hydrogen (secondary N) is 2. The second-order valence-electron chi connectivity index (χ2n) is 7.53. The average Bonchev–Trinajstić information content (AvgIpc) is 3.07. The van der Waals surface area contributed by atoms with Gasteiger partial charge in [-0.2, -0.15) is 0 Å². The van der Waals surface area contributed by atoms with Gasteiger partial charge in [0.25, 0.3) is 5.91 Å². The molecule has 1 heterocycles. The van der Waals surface area contributed by atoms with Gasteiger partial charge in [-0.25, -0.2) is 4.79 Å². The summed E-state index contributed by atoms with van der Waals surface area (Å²) in [6.07, 6.45) is 0.612. The van der Waals surface area contributed by atoms with Gasteiger partial charge in [0, 0.05) is 11.6 Å². The normalized spacial score (nSPS) is 14.8. The molecule has 6 nitrogen and oxygen atoms in total. The van der Waals surface area contributed by atoms with E-state index < -0.39 is 23.4 Å². The largest absolute Gasteiger partial charge is 0.354 e. The number of imide groups is 1. The van der Waals surface area contributed by atoms with Crippen molar-refractivity contribution >= 4 is 29.4 Å². The number of nitrogens with zero attached hydrogens (tertiary/aromatic N) is 1. The molecule has 0 unspecified atom stereocenters. The van der Waals surface area contributed by atoms with E-state index in [2.05, 4.69) is 10.6 Å². The number of halogens is 1. The van der Waals surface area contributed by atoms with Crippen molar-refractivity contribution in [1.82, 2.24) is 15.5 Å². The van der Waals surface area contributed by atoms with E-state index in [1.165, 1.54) is 0 Å². The number of urea groups is 1. The first kappa shape index (κ1) is 21.6. The Bertz CT molecular complexity index is 1080. The molecule has 1 aliphatic heterocycles. The maximum absolute atomic E-state index is 13.6. The lowest BCUT2D eigenvalue weighted by atomic mass is 9.82. The topological polar surface area (TPSA) is 78.5 Å². The van der Waals surface area contributed by atoms with E-state index in [0.717, 1.165) is 10.5 Å². The standard InChI is InChI=1S/C25H22ClN3O3/c26-21-13-11-18(12-14-21)15-16-27-22(30)17-29-23(31)25(28-24(29)32,19-7-3-1-4-8-19)20-9-5-2-6-10-20/h1-14H,15-17H2,(H,27,30)(H,28,32). The van der Waals surface area contributed by atoms with Crippen molar-refractivity contribution in [2.24, 2.45) is 0 Å². The molecule has 7 heteroatoms. The summed E-state index contributed by atoms with van der Waals surface area (Å²) in [4.78, 5) is 39.8. The second kappa shape index (κ2) is 9.24. The molecule has 4 amide bonds. The number of benzene rings is 3. The van der Waals surface area contributed by atoms with Crippen LogP contribution in [-0.2, 0) is 21.5 Å². The summed E-state index contributed by atoms with van der Waals surface area (Å²) >= 11 is 5.89. The predicted molar refractivity (Wildman–Crippen MR) is 122 cm³/mol. The fourth-order valence-electron chi connectivity index (χ4n) is 3.85. The minimum absolute atomic E-state index is 0.354. The number of carbonyl (C=O) groups excluding carboxylic acids is 3. The van der Waals surface area contributed by atoms with Crippen LogP contribution in [0.25, 0.3) is 0 Å². The fraction of sp³-hybridized carbons (Fsp3) is 0.160. The van der Waals surface area contributed by atoms with Gasteiger partial charge in [-0.15, -0.1) is 0 Å². The maximum Gasteiger partial charge on any atom is 0.326 e. The highest BCUT2D eigenvalue weighted by atomic mass is 35.5. The van der Waals surface area contributed by atoms with Crippen molar-refractivity contribution in [2.75, 3.05) is 13.1 Å². The molecule has 1 fully saturated rings. The van der Waals surface area contributed by atoms with Crippen LogP contribution >= 0.6 is 11.6 Å². The van der Waals surface area contributed by atoms with Crippen molar-refractivity contribution in [3.63, 3.8) is 0 Å². The van der Waals surface area contributed by atoms with E-state index in [9.17, 15) is 14.4 Å². The van der Waals surface area contributed by atoms with Gasteiger partial charge in [0.05, 0.1) is 0 Å². The zero-order valence-corrected chi connectivity index (χ0v) is 18.0. The van der Waals surface area contributed by atoms with Gasteiger partial charge in [0.2, 0.25) is 5.91 Å². The first-order valence-electron chi connectivity index (χ1n) is 10.3. The van der Waals surface area contributed by atoms with Crippen LogP contribution in [0, 0.1) is 0 Å². The quantitative estimate of drug-likeness (QED) is 0.544. The van der Waals surface area contributed by atoms with E-state index in [1.54, 1.807) is 36.4 Å². The Kier molecular flexibility index (Phi) is 6.23. The highest BCUT2D eigenvalue weighted by Gasteiger charge is 2.53. The van der Waals surface area contributed by atoms with Crippen LogP contribution in [0.15, 0.2) is 84.9 Å². The smallest absolute Gasteiger partial charge is 0.326 e. The van der Waals surface area contributed by atoms with Gasteiger partial charge < -0.3 is 10.6 Å².